The molecule has 4 heteroatoms. The maximum Gasteiger partial charge on any atom is 0.131 e. The zero-order valence-electron chi connectivity index (χ0n) is 11.0. The van der Waals surface area contributed by atoms with Gasteiger partial charge in [-0.2, -0.15) is 0 Å². The second-order valence-electron chi connectivity index (χ2n) is 5.14. The molecule has 0 bridgehead atoms. The minimum atomic E-state index is -0.315. The lowest BCUT2D eigenvalue weighted by molar-refractivity contribution is -0.116. The molecule has 2 nitrogen and oxygen atoms in total. The molecule has 100 valence electrons. The number of Topliss-reactive ketones (excluding diaryl/α,β-unsaturated/α-hetero) is 1. The number of ketones is 1. The minimum Gasteiger partial charge on any atom is -0.315 e. The van der Waals surface area contributed by atoms with Crippen LogP contribution in [0.4, 0.5) is 4.39 Å². The van der Waals surface area contributed by atoms with Gasteiger partial charge in [-0.25, -0.2) is 4.39 Å². The Labute approximate surface area is 116 Å². The van der Waals surface area contributed by atoms with E-state index in [2.05, 4.69) is 21.2 Å². The van der Waals surface area contributed by atoms with Crippen LogP contribution in [0, 0.1) is 5.82 Å². The van der Waals surface area contributed by atoms with Gasteiger partial charge in [0.25, 0.3) is 0 Å². The van der Waals surface area contributed by atoms with Crippen molar-refractivity contribution in [3.8, 4) is 0 Å². The van der Waals surface area contributed by atoms with Crippen LogP contribution < -0.4 is 5.32 Å². The van der Waals surface area contributed by atoms with Crippen molar-refractivity contribution in [1.82, 2.24) is 5.32 Å². The standard InChI is InChI=1S/C14H19BrFNO/c1-10(18)6-7-17-9-14(2,3)12-8-11(15)4-5-13(12)16/h4-5,8,17H,6-7,9H2,1-3H3. The molecule has 0 aliphatic rings. The maximum absolute atomic E-state index is 13.8. The lowest BCUT2D eigenvalue weighted by Gasteiger charge is -2.26. The molecular weight excluding hydrogens is 297 g/mol. The summed E-state index contributed by atoms with van der Waals surface area (Å²) in [5.41, 5.74) is 0.359. The third kappa shape index (κ3) is 4.50. The Balaban J connectivity index is 2.67. The molecule has 0 saturated carbocycles. The molecule has 0 atom stereocenters. The largest absolute Gasteiger partial charge is 0.315 e. The first-order valence-corrected chi connectivity index (χ1v) is 6.78. The fourth-order valence-electron chi connectivity index (χ4n) is 1.78. The molecule has 0 heterocycles. The first-order chi connectivity index (χ1) is 8.33. The Kier molecular flexibility index (Phi) is 5.47. The zero-order chi connectivity index (χ0) is 13.8. The van der Waals surface area contributed by atoms with Crippen molar-refractivity contribution >= 4 is 21.7 Å². The van der Waals surface area contributed by atoms with Gasteiger partial charge in [0.1, 0.15) is 11.6 Å². The number of benzene rings is 1. The van der Waals surface area contributed by atoms with Crippen LogP contribution in [0.5, 0.6) is 0 Å². The van der Waals surface area contributed by atoms with E-state index >= 15 is 0 Å². The van der Waals surface area contributed by atoms with E-state index in [4.69, 9.17) is 0 Å². The molecule has 0 unspecified atom stereocenters. The molecule has 0 aliphatic carbocycles. The average molecular weight is 316 g/mol. The summed E-state index contributed by atoms with van der Waals surface area (Å²) >= 11 is 3.36. The fraction of sp³-hybridized carbons (Fsp3) is 0.500. The highest BCUT2D eigenvalue weighted by atomic mass is 79.9. The lowest BCUT2D eigenvalue weighted by Crippen LogP contribution is -2.34. The van der Waals surface area contributed by atoms with E-state index in [1.165, 1.54) is 6.07 Å². The van der Waals surface area contributed by atoms with E-state index in [9.17, 15) is 9.18 Å². The number of halogens is 2. The van der Waals surface area contributed by atoms with Crippen LogP contribution in [0.1, 0.15) is 32.8 Å². The van der Waals surface area contributed by atoms with Gasteiger partial charge in [0.2, 0.25) is 0 Å². The number of hydrogen-bond donors (Lipinski definition) is 1. The summed E-state index contributed by atoms with van der Waals surface area (Å²) in [5, 5.41) is 3.20. The van der Waals surface area contributed by atoms with E-state index in [-0.39, 0.29) is 17.0 Å². The third-order valence-corrected chi connectivity index (χ3v) is 3.37. The van der Waals surface area contributed by atoms with Gasteiger partial charge >= 0.3 is 0 Å². The number of rotatable bonds is 6. The van der Waals surface area contributed by atoms with Crippen molar-refractivity contribution in [3.63, 3.8) is 0 Å². The van der Waals surface area contributed by atoms with Crippen molar-refractivity contribution in [3.05, 3.63) is 34.1 Å². The molecule has 0 amide bonds. The number of carbonyl (C=O) groups is 1. The van der Waals surface area contributed by atoms with Crippen LogP contribution in [0.25, 0.3) is 0 Å². The molecule has 0 aliphatic heterocycles. The first-order valence-electron chi connectivity index (χ1n) is 5.98. The lowest BCUT2D eigenvalue weighted by atomic mass is 9.84. The highest BCUT2D eigenvalue weighted by Gasteiger charge is 2.23. The van der Waals surface area contributed by atoms with Gasteiger partial charge in [-0.3, -0.25) is 4.79 Å². The molecule has 1 rings (SSSR count). The van der Waals surface area contributed by atoms with Gasteiger partial charge in [0.05, 0.1) is 0 Å². The van der Waals surface area contributed by atoms with Crippen LogP contribution in [-0.2, 0) is 10.2 Å². The summed E-state index contributed by atoms with van der Waals surface area (Å²) in [6.07, 6.45) is 0.511. The first kappa shape index (κ1) is 15.3. The van der Waals surface area contributed by atoms with Crippen molar-refractivity contribution in [2.24, 2.45) is 0 Å². The second kappa shape index (κ2) is 6.43. The van der Waals surface area contributed by atoms with E-state index in [0.717, 1.165) is 4.47 Å². The SMILES string of the molecule is CC(=O)CCNCC(C)(C)c1cc(Br)ccc1F. The van der Waals surface area contributed by atoms with Gasteiger partial charge in [-0.05, 0) is 30.7 Å². The summed E-state index contributed by atoms with van der Waals surface area (Å²) in [5.74, 6) is -0.0366. The molecule has 1 aromatic rings. The smallest absolute Gasteiger partial charge is 0.131 e. The van der Waals surface area contributed by atoms with E-state index in [1.54, 1.807) is 13.0 Å². The van der Waals surface area contributed by atoms with Crippen molar-refractivity contribution in [1.29, 1.82) is 0 Å². The van der Waals surface area contributed by atoms with Gasteiger partial charge < -0.3 is 5.32 Å². The van der Waals surface area contributed by atoms with Gasteiger partial charge in [-0.15, -0.1) is 0 Å². The quantitative estimate of drug-likeness (QED) is 0.815. The van der Waals surface area contributed by atoms with E-state index in [1.807, 2.05) is 19.9 Å². The summed E-state index contributed by atoms with van der Waals surface area (Å²) in [4.78, 5) is 10.8. The molecule has 0 fully saturated rings. The molecule has 0 radical (unpaired) electrons. The monoisotopic (exact) mass is 315 g/mol. The molecular formula is C14H19BrFNO. The molecule has 18 heavy (non-hydrogen) atoms. The maximum atomic E-state index is 13.8. The number of carbonyl (C=O) groups excluding carboxylic acids is 1. The van der Waals surface area contributed by atoms with Crippen LogP contribution >= 0.6 is 15.9 Å². The molecule has 1 aromatic carbocycles. The third-order valence-electron chi connectivity index (χ3n) is 2.88. The Hall–Kier alpha value is -0.740. The Bertz CT molecular complexity index is 432. The second-order valence-corrected chi connectivity index (χ2v) is 6.05. The number of hydrogen-bond acceptors (Lipinski definition) is 2. The topological polar surface area (TPSA) is 29.1 Å². The normalized spacial score (nSPS) is 11.6. The van der Waals surface area contributed by atoms with E-state index < -0.39 is 0 Å². The molecule has 0 aromatic heterocycles. The van der Waals surface area contributed by atoms with Crippen LogP contribution in [-0.4, -0.2) is 18.9 Å². The Morgan fingerprint density at radius 1 is 1.44 bits per heavy atom. The minimum absolute atomic E-state index is 0.161. The average Bonchev–Trinajstić information content (AvgIpc) is 2.27. The van der Waals surface area contributed by atoms with Crippen LogP contribution in [0.3, 0.4) is 0 Å². The van der Waals surface area contributed by atoms with Gasteiger partial charge in [-0.1, -0.05) is 29.8 Å². The molecule has 0 spiro atoms. The molecule has 1 N–H and O–H groups in total. The van der Waals surface area contributed by atoms with E-state index in [0.29, 0.717) is 25.1 Å². The van der Waals surface area contributed by atoms with Gasteiger partial charge in [0, 0.05) is 29.4 Å². The van der Waals surface area contributed by atoms with Gasteiger partial charge in [0.15, 0.2) is 0 Å². The van der Waals surface area contributed by atoms with Crippen molar-refractivity contribution < 1.29 is 9.18 Å². The molecule has 0 saturated heterocycles. The Morgan fingerprint density at radius 2 is 2.11 bits per heavy atom. The fourth-order valence-corrected chi connectivity index (χ4v) is 2.14. The highest BCUT2D eigenvalue weighted by molar-refractivity contribution is 9.10. The van der Waals surface area contributed by atoms with Crippen molar-refractivity contribution in [2.45, 2.75) is 32.6 Å². The van der Waals surface area contributed by atoms with Crippen LogP contribution in [0.2, 0.25) is 0 Å². The predicted molar refractivity (Wildman–Crippen MR) is 75.3 cm³/mol. The van der Waals surface area contributed by atoms with Crippen molar-refractivity contribution in [2.75, 3.05) is 13.1 Å². The zero-order valence-corrected chi connectivity index (χ0v) is 12.6. The van der Waals surface area contributed by atoms with Crippen LogP contribution in [0.15, 0.2) is 22.7 Å². The predicted octanol–water partition coefficient (Wildman–Crippen LogP) is 3.43. The summed E-state index contributed by atoms with van der Waals surface area (Å²) < 4.78 is 14.7. The highest BCUT2D eigenvalue weighted by Crippen LogP contribution is 2.27. The Morgan fingerprint density at radius 3 is 2.72 bits per heavy atom. The summed E-state index contributed by atoms with van der Waals surface area (Å²) in [6, 6.07) is 4.97. The summed E-state index contributed by atoms with van der Waals surface area (Å²) in [6.45, 7) is 6.81. The summed E-state index contributed by atoms with van der Waals surface area (Å²) in [7, 11) is 0. The number of nitrogens with one attached hydrogen (secondary N) is 1.